The van der Waals surface area contributed by atoms with Crippen LogP contribution < -0.4 is 5.73 Å². The third-order valence-electron chi connectivity index (χ3n) is 3.65. The summed E-state index contributed by atoms with van der Waals surface area (Å²) in [5.41, 5.74) is 7.10. The minimum atomic E-state index is 0.224. The molecule has 0 amide bonds. The predicted octanol–water partition coefficient (Wildman–Crippen LogP) is 2.70. The van der Waals surface area contributed by atoms with Gasteiger partial charge in [0.05, 0.1) is 6.61 Å². The van der Waals surface area contributed by atoms with Crippen LogP contribution in [0.3, 0.4) is 0 Å². The third-order valence-corrected chi connectivity index (χ3v) is 3.90. The maximum absolute atomic E-state index is 5.91. The molecule has 1 fully saturated rings. The van der Waals surface area contributed by atoms with Crippen molar-refractivity contribution < 1.29 is 4.74 Å². The van der Waals surface area contributed by atoms with Crippen LogP contribution in [0.1, 0.15) is 24.4 Å². The number of nitrogens with zero attached hydrogens (tertiary/aromatic N) is 1. The highest BCUT2D eigenvalue weighted by Crippen LogP contribution is 2.28. The molecule has 0 spiro atoms. The van der Waals surface area contributed by atoms with Gasteiger partial charge in [-0.3, -0.25) is 4.90 Å². The van der Waals surface area contributed by atoms with Gasteiger partial charge in [-0.25, -0.2) is 0 Å². The molecule has 1 saturated carbocycles. The molecule has 0 saturated heterocycles. The van der Waals surface area contributed by atoms with E-state index in [9.17, 15) is 0 Å². The number of likely N-dealkylation sites (N-methyl/N-ethyl adjacent to an activating group) is 1. The second kappa shape index (κ2) is 7.25. The molecular formula is C15H23ClN2O. The molecule has 1 aliphatic rings. The van der Waals surface area contributed by atoms with Gasteiger partial charge in [0.2, 0.25) is 0 Å². The first kappa shape index (κ1) is 14.8. The van der Waals surface area contributed by atoms with Gasteiger partial charge in [-0.2, -0.15) is 0 Å². The van der Waals surface area contributed by atoms with Gasteiger partial charge in [-0.1, -0.05) is 23.7 Å². The summed E-state index contributed by atoms with van der Waals surface area (Å²) < 4.78 is 5.67. The van der Waals surface area contributed by atoms with Crippen molar-refractivity contribution in [1.82, 2.24) is 4.90 Å². The summed E-state index contributed by atoms with van der Waals surface area (Å²) in [7, 11) is 2.09. The fraction of sp³-hybridized carbons (Fsp3) is 0.600. The molecule has 3 nitrogen and oxygen atoms in total. The van der Waals surface area contributed by atoms with Crippen LogP contribution in [0, 0.1) is 5.92 Å². The Morgan fingerprint density at radius 3 is 2.63 bits per heavy atom. The first-order valence-electron chi connectivity index (χ1n) is 6.94. The van der Waals surface area contributed by atoms with E-state index in [4.69, 9.17) is 22.1 Å². The molecule has 0 radical (unpaired) electrons. The van der Waals surface area contributed by atoms with Crippen molar-refractivity contribution in [3.63, 3.8) is 0 Å². The third kappa shape index (κ3) is 4.77. The van der Waals surface area contributed by atoms with E-state index in [1.807, 2.05) is 24.3 Å². The van der Waals surface area contributed by atoms with Crippen LogP contribution >= 0.6 is 11.6 Å². The molecule has 0 aliphatic heterocycles. The Bertz CT molecular complexity index is 378. The van der Waals surface area contributed by atoms with Crippen molar-refractivity contribution >= 4 is 11.6 Å². The largest absolute Gasteiger partial charge is 0.380 e. The molecule has 1 aromatic carbocycles. The lowest BCUT2D eigenvalue weighted by atomic mass is 10.1. The highest BCUT2D eigenvalue weighted by atomic mass is 35.5. The van der Waals surface area contributed by atoms with E-state index in [0.717, 1.165) is 30.7 Å². The van der Waals surface area contributed by atoms with Crippen LogP contribution in [-0.4, -0.2) is 38.3 Å². The fourth-order valence-electron chi connectivity index (χ4n) is 2.15. The Hall–Kier alpha value is -0.610. The van der Waals surface area contributed by atoms with Crippen molar-refractivity contribution in [3.8, 4) is 0 Å². The second-order valence-electron chi connectivity index (χ2n) is 5.30. The van der Waals surface area contributed by atoms with Crippen molar-refractivity contribution in [1.29, 1.82) is 0 Å². The average molecular weight is 283 g/mol. The number of halogens is 1. The highest BCUT2D eigenvalue weighted by molar-refractivity contribution is 6.30. The molecule has 0 bridgehead atoms. The van der Waals surface area contributed by atoms with E-state index in [2.05, 4.69) is 11.9 Å². The maximum atomic E-state index is 5.91. The van der Waals surface area contributed by atoms with E-state index in [1.54, 1.807) is 0 Å². The van der Waals surface area contributed by atoms with Gasteiger partial charge in [-0.05, 0) is 43.5 Å². The van der Waals surface area contributed by atoms with Gasteiger partial charge in [0.1, 0.15) is 0 Å². The predicted molar refractivity (Wildman–Crippen MR) is 79.4 cm³/mol. The molecule has 1 aliphatic carbocycles. The zero-order chi connectivity index (χ0) is 13.7. The van der Waals surface area contributed by atoms with Crippen molar-refractivity contribution in [2.45, 2.75) is 18.9 Å². The van der Waals surface area contributed by atoms with Crippen LogP contribution in [0.15, 0.2) is 24.3 Å². The van der Waals surface area contributed by atoms with Crippen LogP contribution in [0.4, 0.5) is 0 Å². The molecule has 0 heterocycles. The lowest BCUT2D eigenvalue weighted by molar-refractivity contribution is 0.0922. The second-order valence-corrected chi connectivity index (χ2v) is 5.74. The van der Waals surface area contributed by atoms with Gasteiger partial charge < -0.3 is 10.5 Å². The first-order valence-corrected chi connectivity index (χ1v) is 7.32. The van der Waals surface area contributed by atoms with Gasteiger partial charge in [0.15, 0.2) is 0 Å². The summed E-state index contributed by atoms with van der Waals surface area (Å²) in [5.74, 6) is 0.826. The molecule has 106 valence electrons. The zero-order valence-electron chi connectivity index (χ0n) is 11.5. The van der Waals surface area contributed by atoms with Crippen molar-refractivity contribution in [3.05, 3.63) is 34.9 Å². The molecule has 0 aromatic heterocycles. The minimum absolute atomic E-state index is 0.224. The summed E-state index contributed by atoms with van der Waals surface area (Å²) >= 11 is 5.91. The zero-order valence-corrected chi connectivity index (χ0v) is 12.3. The standard InChI is InChI=1S/C15H23ClN2O/c1-18(8-9-19-11-12-2-3-12)15(10-17)13-4-6-14(16)7-5-13/h4-7,12,15H,2-3,8-11,17H2,1H3. The van der Waals surface area contributed by atoms with E-state index >= 15 is 0 Å². The van der Waals surface area contributed by atoms with Crippen molar-refractivity contribution in [2.24, 2.45) is 11.7 Å². The van der Waals surface area contributed by atoms with E-state index in [-0.39, 0.29) is 6.04 Å². The summed E-state index contributed by atoms with van der Waals surface area (Å²) in [6.45, 7) is 3.19. The van der Waals surface area contributed by atoms with Gasteiger partial charge in [0.25, 0.3) is 0 Å². The Balaban J connectivity index is 1.79. The highest BCUT2D eigenvalue weighted by Gasteiger charge is 2.21. The molecule has 2 rings (SSSR count). The van der Waals surface area contributed by atoms with Gasteiger partial charge in [-0.15, -0.1) is 0 Å². The summed E-state index contributed by atoms with van der Waals surface area (Å²) in [5, 5.41) is 0.759. The lowest BCUT2D eigenvalue weighted by Gasteiger charge is -2.27. The average Bonchev–Trinajstić information content (AvgIpc) is 3.22. The molecule has 1 unspecified atom stereocenters. The lowest BCUT2D eigenvalue weighted by Crippen LogP contribution is -2.33. The molecule has 4 heteroatoms. The Morgan fingerprint density at radius 2 is 2.05 bits per heavy atom. The summed E-state index contributed by atoms with van der Waals surface area (Å²) in [4.78, 5) is 2.25. The van der Waals surface area contributed by atoms with E-state index < -0.39 is 0 Å². The Morgan fingerprint density at radius 1 is 1.37 bits per heavy atom. The molecule has 1 aromatic rings. The molecule has 19 heavy (non-hydrogen) atoms. The quantitative estimate of drug-likeness (QED) is 0.745. The topological polar surface area (TPSA) is 38.5 Å². The van der Waals surface area contributed by atoms with Crippen LogP contribution in [0.25, 0.3) is 0 Å². The Labute approximate surface area is 120 Å². The number of hydrogen-bond donors (Lipinski definition) is 1. The summed E-state index contributed by atoms with van der Waals surface area (Å²) in [6.07, 6.45) is 2.68. The SMILES string of the molecule is CN(CCOCC1CC1)C(CN)c1ccc(Cl)cc1. The van der Waals surface area contributed by atoms with Crippen molar-refractivity contribution in [2.75, 3.05) is 33.4 Å². The Kier molecular flexibility index (Phi) is 5.64. The van der Waals surface area contributed by atoms with Crippen LogP contribution in [-0.2, 0) is 4.74 Å². The number of hydrogen-bond acceptors (Lipinski definition) is 3. The van der Waals surface area contributed by atoms with Gasteiger partial charge in [0, 0.05) is 30.8 Å². The normalized spacial score (nSPS) is 16.8. The number of nitrogens with two attached hydrogens (primary N) is 1. The maximum Gasteiger partial charge on any atom is 0.0593 e. The first-order chi connectivity index (χ1) is 9.20. The van der Waals surface area contributed by atoms with Crippen LogP contribution in [0.2, 0.25) is 5.02 Å². The number of ether oxygens (including phenoxy) is 1. The van der Waals surface area contributed by atoms with Gasteiger partial charge >= 0.3 is 0 Å². The monoisotopic (exact) mass is 282 g/mol. The molecule has 1 atom stereocenters. The fourth-order valence-corrected chi connectivity index (χ4v) is 2.28. The minimum Gasteiger partial charge on any atom is -0.380 e. The van der Waals surface area contributed by atoms with E-state index in [0.29, 0.717) is 6.54 Å². The molecular weight excluding hydrogens is 260 g/mol. The molecule has 2 N–H and O–H groups in total. The van der Waals surface area contributed by atoms with Crippen LogP contribution in [0.5, 0.6) is 0 Å². The number of rotatable bonds is 8. The number of benzene rings is 1. The van der Waals surface area contributed by atoms with E-state index in [1.165, 1.54) is 18.4 Å². The summed E-state index contributed by atoms with van der Waals surface area (Å²) in [6, 6.07) is 8.14. The smallest absolute Gasteiger partial charge is 0.0593 e.